The van der Waals surface area contributed by atoms with E-state index < -0.39 is 15.9 Å². The molecule has 0 aliphatic carbocycles. The maximum Gasteiger partial charge on any atom is 0.264 e. The number of aromatic amines is 1. The average Bonchev–Trinajstić information content (AvgIpc) is 2.96. The summed E-state index contributed by atoms with van der Waals surface area (Å²) in [5, 5.41) is 3.92. The van der Waals surface area contributed by atoms with Gasteiger partial charge in [-0.3, -0.25) is 4.79 Å². The number of anilines is 2. The van der Waals surface area contributed by atoms with E-state index in [-0.39, 0.29) is 4.90 Å². The third kappa shape index (κ3) is 3.14. The van der Waals surface area contributed by atoms with E-state index in [9.17, 15) is 13.2 Å². The van der Waals surface area contributed by atoms with Crippen LogP contribution in [0.3, 0.4) is 0 Å². The topological polar surface area (TPSA) is 117 Å². The molecule has 0 radical (unpaired) electrons. The highest BCUT2D eigenvalue weighted by Crippen LogP contribution is 2.23. The van der Waals surface area contributed by atoms with Crippen molar-refractivity contribution in [3.8, 4) is 0 Å². The largest absolute Gasteiger partial charge is 0.346 e. The number of benzene rings is 1. The minimum atomic E-state index is -3.83. The van der Waals surface area contributed by atoms with E-state index in [2.05, 4.69) is 20.3 Å². The SMILES string of the molecule is CC(=O)NS(=O)(=O)c1ccc(Nc2ncnc3[nH]ccc23)cc1. The molecule has 2 aromatic heterocycles. The highest BCUT2D eigenvalue weighted by molar-refractivity contribution is 7.90. The summed E-state index contributed by atoms with van der Waals surface area (Å²) in [6.45, 7) is 1.14. The molecule has 0 unspecified atom stereocenters. The van der Waals surface area contributed by atoms with Gasteiger partial charge >= 0.3 is 0 Å². The maximum atomic E-state index is 11.9. The van der Waals surface area contributed by atoms with E-state index >= 15 is 0 Å². The molecule has 23 heavy (non-hydrogen) atoms. The van der Waals surface area contributed by atoms with Gasteiger partial charge in [0.1, 0.15) is 17.8 Å². The van der Waals surface area contributed by atoms with Crippen LogP contribution < -0.4 is 10.0 Å². The van der Waals surface area contributed by atoms with Crippen molar-refractivity contribution < 1.29 is 13.2 Å². The Balaban J connectivity index is 1.86. The fraction of sp³-hybridized carbons (Fsp3) is 0.0714. The molecule has 3 N–H and O–H groups in total. The summed E-state index contributed by atoms with van der Waals surface area (Å²) in [7, 11) is -3.83. The van der Waals surface area contributed by atoms with E-state index in [1.807, 2.05) is 10.8 Å². The van der Waals surface area contributed by atoms with Crippen LogP contribution in [0.15, 0.2) is 47.8 Å². The zero-order chi connectivity index (χ0) is 16.4. The summed E-state index contributed by atoms with van der Waals surface area (Å²) in [5.41, 5.74) is 1.36. The molecule has 9 heteroatoms. The fourth-order valence-electron chi connectivity index (χ4n) is 2.07. The third-order valence-electron chi connectivity index (χ3n) is 3.06. The molecule has 0 bridgehead atoms. The number of amides is 1. The van der Waals surface area contributed by atoms with Gasteiger partial charge in [-0.25, -0.2) is 23.1 Å². The van der Waals surface area contributed by atoms with Gasteiger partial charge in [-0.15, -0.1) is 0 Å². The van der Waals surface area contributed by atoms with E-state index in [1.54, 1.807) is 18.3 Å². The number of hydrogen-bond acceptors (Lipinski definition) is 6. The van der Waals surface area contributed by atoms with Crippen LogP contribution in [0.4, 0.5) is 11.5 Å². The molecule has 0 atom stereocenters. The van der Waals surface area contributed by atoms with Crippen LogP contribution in [-0.2, 0) is 14.8 Å². The quantitative estimate of drug-likeness (QED) is 0.667. The number of sulfonamides is 1. The van der Waals surface area contributed by atoms with Gasteiger partial charge in [-0.05, 0) is 30.3 Å². The predicted molar refractivity (Wildman–Crippen MR) is 84.6 cm³/mol. The molecule has 0 saturated carbocycles. The molecule has 0 saturated heterocycles. The molecule has 0 aliphatic heterocycles. The Hall–Kier alpha value is -2.94. The Morgan fingerprint density at radius 3 is 2.57 bits per heavy atom. The monoisotopic (exact) mass is 331 g/mol. The first-order valence-corrected chi connectivity index (χ1v) is 8.12. The molecule has 118 valence electrons. The van der Waals surface area contributed by atoms with Crippen molar-refractivity contribution in [2.75, 3.05) is 5.32 Å². The van der Waals surface area contributed by atoms with Crippen molar-refractivity contribution in [1.29, 1.82) is 0 Å². The van der Waals surface area contributed by atoms with Crippen molar-refractivity contribution >= 4 is 38.5 Å². The lowest BCUT2D eigenvalue weighted by Gasteiger charge is -2.08. The molecule has 8 nitrogen and oxygen atoms in total. The number of nitrogens with one attached hydrogen (secondary N) is 3. The summed E-state index contributed by atoms with van der Waals surface area (Å²) in [6, 6.07) is 7.84. The number of hydrogen-bond donors (Lipinski definition) is 3. The lowest BCUT2D eigenvalue weighted by atomic mass is 10.3. The van der Waals surface area contributed by atoms with Gasteiger partial charge in [-0.1, -0.05) is 0 Å². The normalized spacial score (nSPS) is 11.3. The number of aromatic nitrogens is 3. The Morgan fingerprint density at radius 2 is 1.87 bits per heavy atom. The van der Waals surface area contributed by atoms with Crippen molar-refractivity contribution in [2.45, 2.75) is 11.8 Å². The minimum Gasteiger partial charge on any atom is -0.346 e. The molecular weight excluding hydrogens is 318 g/mol. The van der Waals surface area contributed by atoms with Crippen LogP contribution in [-0.4, -0.2) is 29.3 Å². The predicted octanol–water partition coefficient (Wildman–Crippen LogP) is 1.53. The zero-order valence-corrected chi connectivity index (χ0v) is 12.9. The second-order valence-electron chi connectivity index (χ2n) is 4.77. The van der Waals surface area contributed by atoms with Gasteiger partial charge in [0.2, 0.25) is 5.91 Å². The van der Waals surface area contributed by atoms with Crippen molar-refractivity contribution in [2.24, 2.45) is 0 Å². The smallest absolute Gasteiger partial charge is 0.264 e. The second kappa shape index (κ2) is 5.69. The fourth-order valence-corrected chi connectivity index (χ4v) is 3.06. The number of fused-ring (bicyclic) bond motifs is 1. The van der Waals surface area contributed by atoms with E-state index in [1.165, 1.54) is 18.5 Å². The van der Waals surface area contributed by atoms with Crippen molar-refractivity contribution in [3.05, 3.63) is 42.9 Å². The van der Waals surface area contributed by atoms with E-state index in [4.69, 9.17) is 0 Å². The number of carbonyl (C=O) groups excluding carboxylic acids is 1. The summed E-state index contributed by atoms with van der Waals surface area (Å²) in [4.78, 5) is 22.2. The molecule has 0 fully saturated rings. The number of carbonyl (C=O) groups is 1. The highest BCUT2D eigenvalue weighted by Gasteiger charge is 2.15. The summed E-state index contributed by atoms with van der Waals surface area (Å²) >= 11 is 0. The zero-order valence-electron chi connectivity index (χ0n) is 12.1. The molecule has 0 spiro atoms. The van der Waals surface area contributed by atoms with E-state index in [0.29, 0.717) is 17.2 Å². The third-order valence-corrected chi connectivity index (χ3v) is 4.51. The number of rotatable bonds is 4. The van der Waals surface area contributed by atoms with Crippen LogP contribution in [0.5, 0.6) is 0 Å². The first-order valence-electron chi connectivity index (χ1n) is 6.64. The van der Waals surface area contributed by atoms with Crippen molar-refractivity contribution in [1.82, 2.24) is 19.7 Å². The Labute approximate surface area is 132 Å². The second-order valence-corrected chi connectivity index (χ2v) is 6.46. The van der Waals surface area contributed by atoms with Gasteiger partial charge in [-0.2, -0.15) is 0 Å². The minimum absolute atomic E-state index is 0.00716. The maximum absolute atomic E-state index is 11.9. The lowest BCUT2D eigenvalue weighted by Crippen LogP contribution is -2.28. The van der Waals surface area contributed by atoms with Crippen LogP contribution in [0.25, 0.3) is 11.0 Å². The van der Waals surface area contributed by atoms with Crippen LogP contribution >= 0.6 is 0 Å². The molecule has 3 aromatic rings. The van der Waals surface area contributed by atoms with E-state index in [0.717, 1.165) is 12.3 Å². The molecular formula is C14H13N5O3S. The lowest BCUT2D eigenvalue weighted by molar-refractivity contribution is -0.117. The van der Waals surface area contributed by atoms with Crippen LogP contribution in [0.1, 0.15) is 6.92 Å². The first kappa shape index (κ1) is 15.0. The Bertz CT molecular complexity index is 964. The van der Waals surface area contributed by atoms with Crippen LogP contribution in [0.2, 0.25) is 0 Å². The van der Waals surface area contributed by atoms with Gasteiger partial charge in [0, 0.05) is 18.8 Å². The van der Waals surface area contributed by atoms with Gasteiger partial charge < -0.3 is 10.3 Å². The van der Waals surface area contributed by atoms with Gasteiger partial charge in [0.15, 0.2) is 0 Å². The summed E-state index contributed by atoms with van der Waals surface area (Å²) in [5.74, 6) is -0.0308. The standard InChI is InChI=1S/C14H13N5O3S/c1-9(20)19-23(21,22)11-4-2-10(3-5-11)18-14-12-6-7-15-13(12)16-8-17-14/h2-8H,1H3,(H,19,20)(H2,15,16,17,18). The molecule has 0 aliphatic rings. The molecule has 3 rings (SSSR count). The van der Waals surface area contributed by atoms with Crippen molar-refractivity contribution in [3.63, 3.8) is 0 Å². The Kier molecular flexibility index (Phi) is 3.70. The molecule has 1 amide bonds. The number of nitrogens with zero attached hydrogens (tertiary/aromatic N) is 2. The highest BCUT2D eigenvalue weighted by atomic mass is 32.2. The first-order chi connectivity index (χ1) is 11.0. The van der Waals surface area contributed by atoms with Gasteiger partial charge in [0.25, 0.3) is 10.0 Å². The average molecular weight is 331 g/mol. The summed E-state index contributed by atoms with van der Waals surface area (Å²) < 4.78 is 25.7. The number of H-pyrrole nitrogens is 1. The molecule has 2 heterocycles. The van der Waals surface area contributed by atoms with Gasteiger partial charge in [0.05, 0.1) is 10.3 Å². The Morgan fingerprint density at radius 1 is 1.13 bits per heavy atom. The summed E-state index contributed by atoms with van der Waals surface area (Å²) in [6.07, 6.45) is 3.18. The van der Waals surface area contributed by atoms with Crippen LogP contribution in [0, 0.1) is 0 Å². The molecule has 1 aromatic carbocycles.